The summed E-state index contributed by atoms with van der Waals surface area (Å²) in [5.74, 6) is 0.327. The summed E-state index contributed by atoms with van der Waals surface area (Å²) in [6.45, 7) is 10.3. The maximum atomic E-state index is 12.0. The Balaban J connectivity index is 0.000000614. The van der Waals surface area contributed by atoms with E-state index < -0.39 is 15.7 Å². The van der Waals surface area contributed by atoms with E-state index >= 15 is 0 Å². The third-order valence-electron chi connectivity index (χ3n) is 4.59. The average molecular weight is 476 g/mol. The molecule has 12 heteroatoms. The Hall–Kier alpha value is -1.95. The number of aromatic nitrogens is 3. The lowest BCUT2D eigenvalue weighted by Crippen LogP contribution is -2.50. The second-order valence-corrected chi connectivity index (χ2v) is 10.5. The number of aromatic amines is 1. The van der Waals surface area contributed by atoms with Crippen molar-refractivity contribution in [3.8, 4) is 0 Å². The lowest BCUT2D eigenvalue weighted by molar-refractivity contribution is 0.0440. The van der Waals surface area contributed by atoms with Crippen LogP contribution < -0.4 is 5.32 Å². The summed E-state index contributed by atoms with van der Waals surface area (Å²) in [5.41, 5.74) is 1.37. The third kappa shape index (κ3) is 8.60. The number of hydrogen-bond donors (Lipinski definition) is 3. The smallest absolute Gasteiger partial charge is 0.407 e. The number of halogens is 1. The molecule has 1 aliphatic heterocycles. The van der Waals surface area contributed by atoms with E-state index in [-0.39, 0.29) is 12.1 Å². The summed E-state index contributed by atoms with van der Waals surface area (Å²) in [4.78, 5) is 25.8. The van der Waals surface area contributed by atoms with Gasteiger partial charge in [-0.1, -0.05) is 18.5 Å². The highest BCUT2D eigenvalue weighted by Gasteiger charge is 2.29. The second kappa shape index (κ2) is 10.1. The van der Waals surface area contributed by atoms with Crippen LogP contribution in [0.3, 0.4) is 0 Å². The first-order chi connectivity index (χ1) is 14.2. The zero-order chi connectivity index (χ0) is 23.4. The molecule has 0 radical (unpaired) electrons. The molecule has 3 heterocycles. The maximum Gasteiger partial charge on any atom is 0.407 e. The Morgan fingerprint density at radius 1 is 1.42 bits per heavy atom. The number of piperidine rings is 1. The molecule has 2 atom stereocenters. The molecular weight excluding hydrogens is 446 g/mol. The SMILES string of the molecule is CS(=O)(=O)O.C[C@@H]1CN(Cc2c[nH]c3ncnc(Cl)c23)CC[C@H]1NC(=O)OC(C)(C)C. The molecule has 1 amide bonds. The molecule has 2 aromatic heterocycles. The minimum absolute atomic E-state index is 0.121. The van der Waals surface area contributed by atoms with Gasteiger partial charge in [-0.15, -0.1) is 0 Å². The first kappa shape index (κ1) is 25.3. The molecule has 3 N–H and O–H groups in total. The van der Waals surface area contributed by atoms with Gasteiger partial charge in [0.2, 0.25) is 0 Å². The van der Waals surface area contributed by atoms with Crippen molar-refractivity contribution in [3.05, 3.63) is 23.2 Å². The number of nitrogens with zero attached hydrogens (tertiary/aromatic N) is 3. The fraction of sp³-hybridized carbons (Fsp3) is 0.632. The van der Waals surface area contributed by atoms with E-state index in [0.717, 1.165) is 42.7 Å². The summed E-state index contributed by atoms with van der Waals surface area (Å²) in [6, 6.07) is 0.121. The van der Waals surface area contributed by atoms with Gasteiger partial charge in [-0.25, -0.2) is 14.8 Å². The monoisotopic (exact) mass is 475 g/mol. The van der Waals surface area contributed by atoms with Gasteiger partial charge in [0, 0.05) is 31.9 Å². The Morgan fingerprint density at radius 2 is 2.06 bits per heavy atom. The van der Waals surface area contributed by atoms with Crippen molar-refractivity contribution in [2.24, 2.45) is 5.92 Å². The van der Waals surface area contributed by atoms with Crippen molar-refractivity contribution >= 4 is 38.8 Å². The summed E-state index contributed by atoms with van der Waals surface area (Å²) in [7, 11) is -3.67. The molecule has 0 aliphatic carbocycles. The van der Waals surface area contributed by atoms with Crippen LogP contribution in [0.15, 0.2) is 12.5 Å². The molecule has 0 unspecified atom stereocenters. The molecule has 0 saturated carbocycles. The van der Waals surface area contributed by atoms with Crippen LogP contribution in [-0.2, 0) is 21.4 Å². The number of nitrogens with one attached hydrogen (secondary N) is 2. The van der Waals surface area contributed by atoms with Crippen molar-refractivity contribution in [1.82, 2.24) is 25.2 Å². The topological polar surface area (TPSA) is 138 Å². The van der Waals surface area contributed by atoms with Gasteiger partial charge in [-0.05, 0) is 38.7 Å². The van der Waals surface area contributed by atoms with Gasteiger partial charge >= 0.3 is 6.09 Å². The van der Waals surface area contributed by atoms with Crippen LogP contribution in [0.25, 0.3) is 11.0 Å². The van der Waals surface area contributed by atoms with Crippen molar-refractivity contribution in [2.45, 2.75) is 52.3 Å². The number of alkyl carbamates (subject to hydrolysis) is 1. The Bertz CT molecular complexity index is 997. The van der Waals surface area contributed by atoms with Crippen LogP contribution >= 0.6 is 11.6 Å². The third-order valence-corrected chi connectivity index (χ3v) is 4.88. The first-order valence-electron chi connectivity index (χ1n) is 9.83. The van der Waals surface area contributed by atoms with Gasteiger partial charge in [0.25, 0.3) is 10.1 Å². The zero-order valence-electron chi connectivity index (χ0n) is 18.3. The number of fused-ring (bicyclic) bond motifs is 1. The molecule has 0 spiro atoms. The minimum atomic E-state index is -3.67. The van der Waals surface area contributed by atoms with Crippen LogP contribution in [0, 0.1) is 5.92 Å². The Kier molecular flexibility index (Phi) is 8.26. The molecule has 174 valence electrons. The fourth-order valence-electron chi connectivity index (χ4n) is 3.40. The number of likely N-dealkylation sites (tertiary alicyclic amines) is 1. The summed E-state index contributed by atoms with van der Waals surface area (Å²) in [5, 5.41) is 4.37. The van der Waals surface area contributed by atoms with Crippen LogP contribution in [0.2, 0.25) is 5.15 Å². The fourth-order valence-corrected chi connectivity index (χ4v) is 3.65. The van der Waals surface area contributed by atoms with E-state index in [1.165, 1.54) is 6.33 Å². The molecule has 3 rings (SSSR count). The van der Waals surface area contributed by atoms with Crippen molar-refractivity contribution in [3.63, 3.8) is 0 Å². The number of H-pyrrole nitrogens is 1. The van der Waals surface area contributed by atoms with Crippen LogP contribution in [0.1, 0.15) is 39.7 Å². The molecule has 0 aromatic carbocycles. The van der Waals surface area contributed by atoms with Crippen molar-refractivity contribution in [1.29, 1.82) is 0 Å². The largest absolute Gasteiger partial charge is 0.444 e. The van der Waals surface area contributed by atoms with Crippen LogP contribution in [0.4, 0.5) is 4.79 Å². The Labute approximate surface area is 187 Å². The standard InChI is InChI=1S/C18H26ClN5O2.CH4O3S/c1-11-8-24(6-5-13(11)23-17(25)26-18(2,3)4)9-12-7-20-16-14(12)15(19)21-10-22-16;1-5(2,3)4/h7,10-11,13H,5-6,8-9H2,1-4H3,(H,23,25)(H,20,21,22);1H3,(H,2,3,4)/t11-,13-;/m1./s1. The first-order valence-corrected chi connectivity index (χ1v) is 12.1. The quantitative estimate of drug-likeness (QED) is 0.455. The number of carbonyl (C=O) groups is 1. The van der Waals surface area contributed by atoms with E-state index in [9.17, 15) is 13.2 Å². The number of carbonyl (C=O) groups excluding carboxylic acids is 1. The summed E-state index contributed by atoms with van der Waals surface area (Å²) >= 11 is 6.23. The van der Waals surface area contributed by atoms with Gasteiger partial charge in [0.15, 0.2) is 0 Å². The molecule has 1 aliphatic rings. The number of ether oxygens (including phenoxy) is 1. The average Bonchev–Trinajstić information content (AvgIpc) is 2.98. The van der Waals surface area contributed by atoms with E-state index in [1.807, 2.05) is 27.0 Å². The van der Waals surface area contributed by atoms with Gasteiger partial charge in [-0.2, -0.15) is 8.42 Å². The van der Waals surface area contributed by atoms with Gasteiger partial charge < -0.3 is 15.0 Å². The van der Waals surface area contributed by atoms with Gasteiger partial charge in [0.1, 0.15) is 22.7 Å². The normalized spacial score (nSPS) is 20.1. The molecular formula is C19H30ClN5O5S. The summed E-state index contributed by atoms with van der Waals surface area (Å²) in [6.07, 6.45) is 4.66. The van der Waals surface area contributed by atoms with E-state index in [1.54, 1.807) is 0 Å². The number of amides is 1. The van der Waals surface area contributed by atoms with Crippen molar-refractivity contribution < 1.29 is 22.5 Å². The zero-order valence-corrected chi connectivity index (χ0v) is 19.9. The number of rotatable bonds is 3. The lowest BCUT2D eigenvalue weighted by atomic mass is 9.93. The highest BCUT2D eigenvalue weighted by molar-refractivity contribution is 7.85. The molecule has 31 heavy (non-hydrogen) atoms. The highest BCUT2D eigenvalue weighted by Crippen LogP contribution is 2.26. The Morgan fingerprint density at radius 3 is 2.65 bits per heavy atom. The van der Waals surface area contributed by atoms with E-state index in [2.05, 4.69) is 32.1 Å². The van der Waals surface area contributed by atoms with E-state index in [0.29, 0.717) is 17.3 Å². The van der Waals surface area contributed by atoms with Crippen LogP contribution in [0.5, 0.6) is 0 Å². The van der Waals surface area contributed by atoms with Crippen molar-refractivity contribution in [2.75, 3.05) is 19.3 Å². The molecule has 2 aromatic rings. The maximum absolute atomic E-state index is 12.0. The van der Waals surface area contributed by atoms with E-state index in [4.69, 9.17) is 20.9 Å². The number of hydrogen-bond acceptors (Lipinski definition) is 7. The molecule has 1 saturated heterocycles. The molecule has 1 fully saturated rings. The summed E-state index contributed by atoms with van der Waals surface area (Å²) < 4.78 is 31.2. The predicted molar refractivity (Wildman–Crippen MR) is 119 cm³/mol. The highest BCUT2D eigenvalue weighted by atomic mass is 35.5. The molecule has 10 nitrogen and oxygen atoms in total. The molecule has 0 bridgehead atoms. The van der Waals surface area contributed by atoms with Gasteiger partial charge in [-0.3, -0.25) is 9.45 Å². The van der Waals surface area contributed by atoms with Crippen LogP contribution in [-0.4, -0.2) is 69.9 Å². The predicted octanol–water partition coefficient (Wildman–Crippen LogP) is 2.85. The second-order valence-electron chi connectivity index (χ2n) is 8.69. The lowest BCUT2D eigenvalue weighted by Gasteiger charge is -2.37. The van der Waals surface area contributed by atoms with Gasteiger partial charge in [0.05, 0.1) is 11.6 Å². The minimum Gasteiger partial charge on any atom is -0.444 e.